The van der Waals surface area contributed by atoms with Crippen LogP contribution < -0.4 is 4.74 Å². The maximum absolute atomic E-state index is 12.6. The van der Waals surface area contributed by atoms with Gasteiger partial charge in [-0.15, -0.1) is 5.10 Å². The summed E-state index contributed by atoms with van der Waals surface area (Å²) >= 11 is 0. The Kier molecular flexibility index (Phi) is 6.18. The highest BCUT2D eigenvalue weighted by molar-refractivity contribution is 5.76. The molecule has 0 N–H and O–H groups in total. The Morgan fingerprint density at radius 3 is 2.55 bits per heavy atom. The third kappa shape index (κ3) is 5.08. The number of piperidine rings is 1. The standard InChI is InChI=1S/C24H33N5O2/c30-24(15-18-3-1-2-4-18)28-12-9-19(10-13-28)23-16-20(23)11-14-31-22-7-5-21(6-8-22)29-17-25-26-27-29/h5-8,17-20,23H,1-4,9-16H2/t20-,23-/m1/s1. The highest BCUT2D eigenvalue weighted by Crippen LogP contribution is 2.49. The summed E-state index contributed by atoms with van der Waals surface area (Å²) < 4.78 is 7.59. The van der Waals surface area contributed by atoms with Gasteiger partial charge in [-0.1, -0.05) is 12.8 Å². The molecule has 3 fully saturated rings. The van der Waals surface area contributed by atoms with E-state index in [1.54, 1.807) is 11.0 Å². The fourth-order valence-corrected chi connectivity index (χ4v) is 5.65. The topological polar surface area (TPSA) is 73.1 Å². The number of tetrazole rings is 1. The van der Waals surface area contributed by atoms with Gasteiger partial charge in [-0.25, -0.2) is 4.68 Å². The number of hydrogen-bond donors (Lipinski definition) is 0. The zero-order valence-corrected chi connectivity index (χ0v) is 18.2. The summed E-state index contributed by atoms with van der Waals surface area (Å²) in [6.07, 6.45) is 12.4. The van der Waals surface area contributed by atoms with Crippen molar-refractivity contribution in [1.82, 2.24) is 25.1 Å². The number of nitrogens with zero attached hydrogens (tertiary/aromatic N) is 5. The Balaban J connectivity index is 0.993. The first kappa shape index (κ1) is 20.5. The number of hydrogen-bond acceptors (Lipinski definition) is 5. The normalized spacial score (nSPS) is 24.5. The first-order valence-corrected chi connectivity index (χ1v) is 12.0. The molecule has 0 radical (unpaired) electrons. The molecule has 166 valence electrons. The number of amides is 1. The molecular formula is C24H33N5O2. The second-order valence-corrected chi connectivity index (χ2v) is 9.62. The average molecular weight is 424 g/mol. The van der Waals surface area contributed by atoms with E-state index in [-0.39, 0.29) is 0 Å². The molecule has 1 aromatic heterocycles. The van der Waals surface area contributed by atoms with Crippen LogP contribution in [0.15, 0.2) is 30.6 Å². The van der Waals surface area contributed by atoms with Gasteiger partial charge in [0, 0.05) is 19.5 Å². The minimum absolute atomic E-state index is 0.414. The number of likely N-dealkylation sites (tertiary alicyclic amines) is 1. The summed E-state index contributed by atoms with van der Waals surface area (Å²) in [6.45, 7) is 2.72. The molecule has 1 aliphatic heterocycles. The monoisotopic (exact) mass is 423 g/mol. The van der Waals surface area contributed by atoms with Gasteiger partial charge in [-0.05, 0) is 96.9 Å². The molecule has 2 atom stereocenters. The summed E-state index contributed by atoms with van der Waals surface area (Å²) in [5.74, 6) is 4.41. The van der Waals surface area contributed by atoms with E-state index in [0.717, 1.165) is 61.7 Å². The Hall–Kier alpha value is -2.44. The fourth-order valence-electron chi connectivity index (χ4n) is 5.65. The molecule has 1 saturated heterocycles. The zero-order chi connectivity index (χ0) is 21.0. The van der Waals surface area contributed by atoms with Crippen LogP contribution in [0.25, 0.3) is 5.69 Å². The van der Waals surface area contributed by atoms with Crippen molar-refractivity contribution >= 4 is 5.91 Å². The molecule has 2 saturated carbocycles. The van der Waals surface area contributed by atoms with Gasteiger partial charge < -0.3 is 9.64 Å². The second kappa shape index (κ2) is 9.37. The molecular weight excluding hydrogens is 390 g/mol. The molecule has 0 bridgehead atoms. The lowest BCUT2D eigenvalue weighted by Gasteiger charge is -2.33. The van der Waals surface area contributed by atoms with Crippen LogP contribution in [-0.2, 0) is 4.79 Å². The predicted octanol–water partition coefficient (Wildman–Crippen LogP) is 3.89. The van der Waals surface area contributed by atoms with Crippen molar-refractivity contribution in [3.8, 4) is 11.4 Å². The van der Waals surface area contributed by atoms with E-state index in [1.807, 2.05) is 24.3 Å². The maximum atomic E-state index is 12.6. The van der Waals surface area contributed by atoms with Gasteiger partial charge in [-0.3, -0.25) is 4.79 Å². The summed E-state index contributed by atoms with van der Waals surface area (Å²) in [4.78, 5) is 14.7. The third-order valence-electron chi connectivity index (χ3n) is 7.62. The van der Waals surface area contributed by atoms with E-state index in [0.29, 0.717) is 11.8 Å². The third-order valence-corrected chi connectivity index (χ3v) is 7.62. The highest BCUT2D eigenvalue weighted by Gasteiger charge is 2.43. The van der Waals surface area contributed by atoms with E-state index < -0.39 is 0 Å². The van der Waals surface area contributed by atoms with E-state index in [2.05, 4.69) is 20.4 Å². The van der Waals surface area contributed by atoms with Gasteiger partial charge in [-0.2, -0.15) is 0 Å². The van der Waals surface area contributed by atoms with Crippen LogP contribution in [0.4, 0.5) is 0 Å². The van der Waals surface area contributed by atoms with E-state index >= 15 is 0 Å². The predicted molar refractivity (Wildman–Crippen MR) is 117 cm³/mol. The summed E-state index contributed by atoms with van der Waals surface area (Å²) in [5, 5.41) is 11.2. The number of rotatable bonds is 8. The van der Waals surface area contributed by atoms with Gasteiger partial charge in [0.05, 0.1) is 12.3 Å². The van der Waals surface area contributed by atoms with Gasteiger partial charge in [0.25, 0.3) is 0 Å². The molecule has 7 nitrogen and oxygen atoms in total. The summed E-state index contributed by atoms with van der Waals surface area (Å²) in [7, 11) is 0. The first-order valence-electron chi connectivity index (χ1n) is 12.0. The Morgan fingerprint density at radius 2 is 1.84 bits per heavy atom. The molecule has 1 amide bonds. The Bertz CT molecular complexity index is 839. The minimum atomic E-state index is 0.414. The molecule has 3 aliphatic rings. The van der Waals surface area contributed by atoms with Crippen LogP contribution in [0.3, 0.4) is 0 Å². The fraction of sp³-hybridized carbons (Fsp3) is 0.667. The van der Waals surface area contributed by atoms with Crippen LogP contribution in [0.5, 0.6) is 5.75 Å². The first-order chi connectivity index (χ1) is 15.3. The van der Waals surface area contributed by atoms with E-state index in [1.165, 1.54) is 44.9 Å². The van der Waals surface area contributed by atoms with E-state index in [9.17, 15) is 4.79 Å². The molecule has 0 unspecified atom stereocenters. The average Bonchev–Trinajstić information content (AvgIpc) is 3.17. The van der Waals surface area contributed by atoms with Crippen molar-refractivity contribution in [2.45, 2.75) is 57.8 Å². The quantitative estimate of drug-likeness (QED) is 0.644. The van der Waals surface area contributed by atoms with Gasteiger partial charge in [0.15, 0.2) is 0 Å². The molecule has 7 heteroatoms. The zero-order valence-electron chi connectivity index (χ0n) is 18.2. The molecule has 2 aromatic rings. The number of ether oxygens (including phenoxy) is 1. The molecule has 5 rings (SSSR count). The largest absolute Gasteiger partial charge is 0.494 e. The van der Waals surface area contributed by atoms with Gasteiger partial charge >= 0.3 is 0 Å². The lowest BCUT2D eigenvalue weighted by Crippen LogP contribution is -2.39. The van der Waals surface area contributed by atoms with Crippen molar-refractivity contribution < 1.29 is 9.53 Å². The van der Waals surface area contributed by atoms with Crippen LogP contribution in [-0.4, -0.2) is 50.7 Å². The molecule has 31 heavy (non-hydrogen) atoms. The molecule has 2 heterocycles. The number of carbonyl (C=O) groups excluding carboxylic acids is 1. The second-order valence-electron chi connectivity index (χ2n) is 9.62. The molecule has 0 spiro atoms. The molecule has 1 aromatic carbocycles. The SMILES string of the molecule is O=C(CC1CCCC1)N1CCC([C@H]2C[C@H]2CCOc2ccc(-n3cnnn3)cc2)CC1. The van der Waals surface area contributed by atoms with Crippen molar-refractivity contribution in [3.05, 3.63) is 30.6 Å². The minimum Gasteiger partial charge on any atom is -0.494 e. The van der Waals surface area contributed by atoms with E-state index in [4.69, 9.17) is 4.74 Å². The summed E-state index contributed by atoms with van der Waals surface area (Å²) in [6, 6.07) is 7.88. The highest BCUT2D eigenvalue weighted by atomic mass is 16.5. The number of benzene rings is 1. The lowest BCUT2D eigenvalue weighted by atomic mass is 9.90. The van der Waals surface area contributed by atoms with Crippen molar-refractivity contribution in [1.29, 1.82) is 0 Å². The van der Waals surface area contributed by atoms with Crippen LogP contribution >= 0.6 is 0 Å². The van der Waals surface area contributed by atoms with Crippen molar-refractivity contribution in [3.63, 3.8) is 0 Å². The van der Waals surface area contributed by atoms with Crippen LogP contribution in [0.2, 0.25) is 0 Å². The Morgan fingerprint density at radius 1 is 1.06 bits per heavy atom. The summed E-state index contributed by atoms with van der Waals surface area (Å²) in [5.41, 5.74) is 0.924. The van der Waals surface area contributed by atoms with Crippen molar-refractivity contribution in [2.24, 2.45) is 23.7 Å². The van der Waals surface area contributed by atoms with Crippen LogP contribution in [0.1, 0.15) is 57.8 Å². The van der Waals surface area contributed by atoms with Crippen LogP contribution in [0, 0.1) is 23.7 Å². The number of aromatic nitrogens is 4. The maximum Gasteiger partial charge on any atom is 0.222 e. The molecule has 2 aliphatic carbocycles. The number of carbonyl (C=O) groups is 1. The smallest absolute Gasteiger partial charge is 0.222 e. The Labute approximate surface area is 184 Å². The van der Waals surface area contributed by atoms with Crippen molar-refractivity contribution in [2.75, 3.05) is 19.7 Å². The van der Waals surface area contributed by atoms with Gasteiger partial charge in [0.2, 0.25) is 5.91 Å². The van der Waals surface area contributed by atoms with Gasteiger partial charge in [0.1, 0.15) is 12.1 Å². The lowest BCUT2D eigenvalue weighted by molar-refractivity contribution is -0.133.